The Morgan fingerprint density at radius 2 is 2.07 bits per heavy atom. The van der Waals surface area contributed by atoms with E-state index in [-0.39, 0.29) is 24.0 Å². The minimum atomic E-state index is 0. The number of anilines is 1. The molecular weight excluding hydrogens is 455 g/mol. The summed E-state index contributed by atoms with van der Waals surface area (Å²) in [6.07, 6.45) is 1.86. The number of guanidine groups is 1. The summed E-state index contributed by atoms with van der Waals surface area (Å²) < 4.78 is 5.51. The van der Waals surface area contributed by atoms with Gasteiger partial charge in [-0.3, -0.25) is 9.89 Å². The Balaban J connectivity index is 0.00000261. The van der Waals surface area contributed by atoms with Crippen LogP contribution < -0.4 is 10.2 Å². The molecule has 0 saturated carbocycles. The molecule has 2 aliphatic heterocycles. The number of piperazine rings is 1. The molecule has 0 bridgehead atoms. The lowest BCUT2D eigenvalue weighted by Gasteiger charge is -2.37. The molecule has 27 heavy (non-hydrogen) atoms. The second-order valence-corrected chi connectivity index (χ2v) is 6.86. The predicted octanol–water partition coefficient (Wildman–Crippen LogP) is 1.51. The number of halogens is 1. The van der Waals surface area contributed by atoms with Crippen molar-refractivity contribution in [3.05, 3.63) is 24.4 Å². The van der Waals surface area contributed by atoms with Crippen molar-refractivity contribution in [1.82, 2.24) is 20.1 Å². The Kier molecular flexibility index (Phi) is 9.57. The van der Waals surface area contributed by atoms with E-state index < -0.39 is 0 Å². The summed E-state index contributed by atoms with van der Waals surface area (Å²) in [4.78, 5) is 16.5. The highest BCUT2D eigenvalue weighted by atomic mass is 127. The summed E-state index contributed by atoms with van der Waals surface area (Å²) in [5.41, 5.74) is 0. The van der Waals surface area contributed by atoms with E-state index in [1.807, 2.05) is 18.3 Å². The molecule has 7 nitrogen and oxygen atoms in total. The van der Waals surface area contributed by atoms with Gasteiger partial charge in [-0.25, -0.2) is 4.98 Å². The van der Waals surface area contributed by atoms with Gasteiger partial charge in [0.2, 0.25) is 0 Å². The maximum Gasteiger partial charge on any atom is 0.194 e. The van der Waals surface area contributed by atoms with Gasteiger partial charge in [0, 0.05) is 58.1 Å². The third-order valence-corrected chi connectivity index (χ3v) is 5.04. The largest absolute Gasteiger partial charge is 0.379 e. The van der Waals surface area contributed by atoms with Gasteiger partial charge in [0.25, 0.3) is 0 Å². The van der Waals surface area contributed by atoms with Gasteiger partial charge in [-0.1, -0.05) is 6.07 Å². The summed E-state index contributed by atoms with van der Waals surface area (Å²) in [5.74, 6) is 2.10. The van der Waals surface area contributed by atoms with E-state index in [0.717, 1.165) is 77.3 Å². The summed E-state index contributed by atoms with van der Waals surface area (Å²) in [5, 5.41) is 3.45. The van der Waals surface area contributed by atoms with E-state index in [1.165, 1.54) is 0 Å². The van der Waals surface area contributed by atoms with Gasteiger partial charge in [0.05, 0.1) is 19.8 Å². The van der Waals surface area contributed by atoms with E-state index in [1.54, 1.807) is 0 Å². The molecule has 3 heterocycles. The monoisotopic (exact) mass is 488 g/mol. The van der Waals surface area contributed by atoms with Crippen LogP contribution in [-0.2, 0) is 4.74 Å². The maximum atomic E-state index is 5.51. The van der Waals surface area contributed by atoms with Crippen molar-refractivity contribution < 1.29 is 4.74 Å². The Morgan fingerprint density at radius 1 is 1.26 bits per heavy atom. The van der Waals surface area contributed by atoms with Gasteiger partial charge < -0.3 is 19.9 Å². The molecule has 0 radical (unpaired) electrons. The summed E-state index contributed by atoms with van der Waals surface area (Å²) in [6.45, 7) is 13.6. The molecule has 0 amide bonds. The third kappa shape index (κ3) is 6.46. The van der Waals surface area contributed by atoms with E-state index in [4.69, 9.17) is 9.73 Å². The number of nitrogens with zero attached hydrogens (tertiary/aromatic N) is 5. The van der Waals surface area contributed by atoms with Crippen LogP contribution in [0, 0.1) is 0 Å². The zero-order valence-electron chi connectivity index (χ0n) is 16.5. The van der Waals surface area contributed by atoms with E-state index in [9.17, 15) is 0 Å². The summed E-state index contributed by atoms with van der Waals surface area (Å²) >= 11 is 0. The molecule has 152 valence electrons. The van der Waals surface area contributed by atoms with Crippen LogP contribution in [0.3, 0.4) is 0 Å². The lowest BCUT2D eigenvalue weighted by Crippen LogP contribution is -2.53. The molecule has 2 aliphatic rings. The first-order chi connectivity index (χ1) is 12.8. The molecular formula is C19H33IN6O. The van der Waals surface area contributed by atoms with Crippen molar-refractivity contribution in [3.63, 3.8) is 0 Å². The average molecular weight is 488 g/mol. The molecule has 1 aromatic rings. The number of pyridine rings is 1. The van der Waals surface area contributed by atoms with Crippen LogP contribution in [-0.4, -0.2) is 92.4 Å². The SMILES string of the molecule is CCNC(=NCCN1CCOCC1C)N1CCN(c2ccccn2)CC1.I. The van der Waals surface area contributed by atoms with E-state index >= 15 is 0 Å². The van der Waals surface area contributed by atoms with Crippen molar-refractivity contribution >= 4 is 35.8 Å². The molecule has 1 atom stereocenters. The number of rotatable bonds is 5. The van der Waals surface area contributed by atoms with Crippen molar-refractivity contribution in [2.24, 2.45) is 4.99 Å². The van der Waals surface area contributed by atoms with Gasteiger partial charge >= 0.3 is 0 Å². The lowest BCUT2D eigenvalue weighted by molar-refractivity contribution is 0.00139. The van der Waals surface area contributed by atoms with Gasteiger partial charge in [-0.05, 0) is 26.0 Å². The number of hydrogen-bond donors (Lipinski definition) is 1. The highest BCUT2D eigenvalue weighted by Crippen LogP contribution is 2.12. The smallest absolute Gasteiger partial charge is 0.194 e. The number of ether oxygens (including phenoxy) is 1. The number of hydrogen-bond acceptors (Lipinski definition) is 5. The molecule has 1 N–H and O–H groups in total. The highest BCUT2D eigenvalue weighted by molar-refractivity contribution is 14.0. The van der Waals surface area contributed by atoms with Crippen LogP contribution in [0.2, 0.25) is 0 Å². The van der Waals surface area contributed by atoms with Crippen LogP contribution in [0.1, 0.15) is 13.8 Å². The molecule has 0 aromatic carbocycles. The Bertz CT molecular complexity index is 565. The fraction of sp³-hybridized carbons (Fsp3) is 0.684. The second kappa shape index (κ2) is 11.7. The fourth-order valence-electron chi connectivity index (χ4n) is 3.49. The van der Waals surface area contributed by atoms with Crippen molar-refractivity contribution in [2.75, 3.05) is 70.5 Å². The molecule has 8 heteroatoms. The zero-order valence-corrected chi connectivity index (χ0v) is 18.8. The lowest BCUT2D eigenvalue weighted by atomic mass is 10.2. The Labute approximate surface area is 180 Å². The third-order valence-electron chi connectivity index (χ3n) is 5.04. The topological polar surface area (TPSA) is 56.2 Å². The molecule has 1 unspecified atom stereocenters. The molecule has 0 aliphatic carbocycles. The van der Waals surface area contributed by atoms with Crippen LogP contribution >= 0.6 is 24.0 Å². The minimum Gasteiger partial charge on any atom is -0.379 e. The minimum absolute atomic E-state index is 0. The first-order valence-electron chi connectivity index (χ1n) is 9.79. The fourth-order valence-corrected chi connectivity index (χ4v) is 3.49. The summed E-state index contributed by atoms with van der Waals surface area (Å²) in [7, 11) is 0. The standard InChI is InChI=1S/C19H32N6O.HI/c1-3-20-19(22-8-9-23-14-15-26-16-17(23)2)25-12-10-24(11-13-25)18-6-4-5-7-21-18;/h4-7,17H,3,8-16H2,1-2H3,(H,20,22);1H. The molecule has 2 fully saturated rings. The number of aliphatic imine (C=N–C) groups is 1. The summed E-state index contributed by atoms with van der Waals surface area (Å²) in [6, 6.07) is 6.58. The van der Waals surface area contributed by atoms with Gasteiger partial charge in [0.15, 0.2) is 5.96 Å². The quantitative estimate of drug-likeness (QED) is 0.386. The van der Waals surface area contributed by atoms with Gasteiger partial charge in [0.1, 0.15) is 5.82 Å². The molecule has 0 spiro atoms. The second-order valence-electron chi connectivity index (χ2n) is 6.86. The first-order valence-corrected chi connectivity index (χ1v) is 9.79. The van der Waals surface area contributed by atoms with Crippen molar-refractivity contribution in [1.29, 1.82) is 0 Å². The van der Waals surface area contributed by atoms with E-state index in [2.05, 4.69) is 44.9 Å². The van der Waals surface area contributed by atoms with Gasteiger partial charge in [-0.15, -0.1) is 24.0 Å². The highest BCUT2D eigenvalue weighted by Gasteiger charge is 2.21. The number of nitrogens with one attached hydrogen (secondary N) is 1. The molecule has 1 aromatic heterocycles. The van der Waals surface area contributed by atoms with Crippen LogP contribution in [0.4, 0.5) is 5.82 Å². The van der Waals surface area contributed by atoms with Crippen molar-refractivity contribution in [3.8, 4) is 0 Å². The van der Waals surface area contributed by atoms with Crippen molar-refractivity contribution in [2.45, 2.75) is 19.9 Å². The van der Waals surface area contributed by atoms with Crippen LogP contribution in [0.15, 0.2) is 29.4 Å². The van der Waals surface area contributed by atoms with Crippen LogP contribution in [0.25, 0.3) is 0 Å². The predicted molar refractivity (Wildman–Crippen MR) is 121 cm³/mol. The van der Waals surface area contributed by atoms with Crippen LogP contribution in [0.5, 0.6) is 0 Å². The Hall–Kier alpha value is -1.13. The number of morpholine rings is 1. The number of aromatic nitrogens is 1. The first kappa shape index (κ1) is 22.2. The maximum absolute atomic E-state index is 5.51. The van der Waals surface area contributed by atoms with Gasteiger partial charge in [-0.2, -0.15) is 0 Å². The zero-order chi connectivity index (χ0) is 18.2. The average Bonchev–Trinajstić information content (AvgIpc) is 2.69. The molecule has 3 rings (SSSR count). The Morgan fingerprint density at radius 3 is 2.74 bits per heavy atom. The van der Waals surface area contributed by atoms with E-state index in [0.29, 0.717) is 6.04 Å². The molecule has 2 saturated heterocycles. The normalized spacial score (nSPS) is 21.7.